The maximum Gasteiger partial charge on any atom is 0.347 e. The van der Waals surface area contributed by atoms with Gasteiger partial charge in [0.15, 0.2) is 12.0 Å². The third-order valence-electron chi connectivity index (χ3n) is 4.44. The maximum absolute atomic E-state index is 14.4. The average Bonchev–Trinajstić information content (AvgIpc) is 2.79. The monoisotopic (exact) mass is 495 g/mol. The first-order valence-electron chi connectivity index (χ1n) is 9.39. The van der Waals surface area contributed by atoms with Gasteiger partial charge >= 0.3 is 5.92 Å². The second kappa shape index (κ2) is 11.1. The number of nitrogens with one attached hydrogen (secondary N) is 2. The van der Waals surface area contributed by atoms with Crippen LogP contribution in [0, 0.1) is 22.4 Å². The highest BCUT2D eigenvalue weighted by molar-refractivity contribution is 5.85. The lowest BCUT2D eigenvalue weighted by molar-refractivity contribution is -0.624. The second-order valence-corrected chi connectivity index (χ2v) is 6.67. The number of pyridine rings is 2. The Balaban J connectivity index is 0.00000408. The third kappa shape index (κ3) is 5.99. The molecule has 0 aliphatic rings. The van der Waals surface area contributed by atoms with Crippen molar-refractivity contribution in [2.24, 2.45) is 0 Å². The van der Waals surface area contributed by atoms with Gasteiger partial charge in [-0.2, -0.15) is 18.8 Å². The van der Waals surface area contributed by atoms with E-state index in [0.29, 0.717) is 0 Å². The number of nitriles is 1. The van der Waals surface area contributed by atoms with Crippen LogP contribution in [0.5, 0.6) is 0 Å². The molecule has 0 saturated heterocycles. The van der Waals surface area contributed by atoms with Crippen LogP contribution in [0.1, 0.15) is 17.1 Å². The molecule has 10 nitrogen and oxygen atoms in total. The fourth-order valence-corrected chi connectivity index (χ4v) is 2.78. The van der Waals surface area contributed by atoms with Crippen LogP contribution in [0.2, 0.25) is 0 Å². The second-order valence-electron chi connectivity index (χ2n) is 6.67. The minimum Gasteiger partial charge on any atom is -0.618 e. The Morgan fingerprint density at radius 3 is 2.71 bits per heavy atom. The molecule has 0 aromatic carbocycles. The van der Waals surface area contributed by atoms with E-state index in [1.165, 1.54) is 24.4 Å². The number of rotatable bonds is 8. The van der Waals surface area contributed by atoms with E-state index in [1.54, 1.807) is 6.07 Å². The van der Waals surface area contributed by atoms with E-state index >= 15 is 0 Å². The highest BCUT2D eigenvalue weighted by atomic mass is 35.5. The molecule has 14 heteroatoms. The first-order valence-corrected chi connectivity index (χ1v) is 9.39. The Morgan fingerprint density at radius 1 is 1.26 bits per heavy atom. The zero-order chi connectivity index (χ0) is 24.0. The smallest absolute Gasteiger partial charge is 0.347 e. The molecular weight excluding hydrogens is 479 g/mol. The van der Waals surface area contributed by atoms with Crippen molar-refractivity contribution in [1.29, 1.82) is 5.26 Å². The molecule has 0 radical (unpaired) electrons. The van der Waals surface area contributed by atoms with Gasteiger partial charge in [0, 0.05) is 18.3 Å². The summed E-state index contributed by atoms with van der Waals surface area (Å²) in [6.45, 7) is -2.06. The lowest BCUT2D eigenvalue weighted by Crippen LogP contribution is -2.41. The number of amides is 1. The van der Waals surface area contributed by atoms with Crippen molar-refractivity contribution in [2.75, 3.05) is 11.9 Å². The molecule has 0 saturated carbocycles. The maximum atomic E-state index is 14.4. The van der Waals surface area contributed by atoms with E-state index in [4.69, 9.17) is 0 Å². The van der Waals surface area contributed by atoms with Crippen LogP contribution in [0.25, 0.3) is 0 Å². The zero-order valence-corrected chi connectivity index (χ0v) is 18.1. The van der Waals surface area contributed by atoms with E-state index < -0.39 is 47.8 Å². The summed E-state index contributed by atoms with van der Waals surface area (Å²) < 4.78 is 43.2. The molecule has 3 aromatic rings. The SMILES string of the molecule is Cl.N#Cc1cnc(NCC(F)(F)c2cccc[n+]2[O-])c(=O)n1CC(=O)NCc1ncccc1F. The molecule has 3 rings (SSSR count). The Bertz CT molecular complexity index is 1280. The minimum absolute atomic E-state index is 0. The fraction of sp³-hybridized carbons (Fsp3) is 0.200. The molecule has 34 heavy (non-hydrogen) atoms. The van der Waals surface area contributed by atoms with E-state index in [2.05, 4.69) is 20.6 Å². The Morgan fingerprint density at radius 2 is 2.03 bits per heavy atom. The van der Waals surface area contributed by atoms with Gasteiger partial charge in [-0.25, -0.2) is 9.37 Å². The molecule has 1 amide bonds. The van der Waals surface area contributed by atoms with Gasteiger partial charge in [0.25, 0.3) is 11.3 Å². The van der Waals surface area contributed by atoms with Crippen molar-refractivity contribution < 1.29 is 22.7 Å². The number of carbonyl (C=O) groups excluding carboxylic acids is 1. The van der Waals surface area contributed by atoms with Gasteiger partial charge in [-0.1, -0.05) is 0 Å². The number of nitrogens with zero attached hydrogens (tertiary/aromatic N) is 5. The summed E-state index contributed by atoms with van der Waals surface area (Å²) in [5, 5.41) is 25.3. The molecule has 0 atom stereocenters. The summed E-state index contributed by atoms with van der Waals surface area (Å²) in [7, 11) is 0. The van der Waals surface area contributed by atoms with Gasteiger partial charge in [0.05, 0.1) is 25.0 Å². The predicted octanol–water partition coefficient (Wildman–Crippen LogP) is 1.22. The van der Waals surface area contributed by atoms with Crippen LogP contribution in [0.15, 0.2) is 53.7 Å². The lowest BCUT2D eigenvalue weighted by Gasteiger charge is -2.17. The van der Waals surface area contributed by atoms with Crippen LogP contribution in [-0.4, -0.2) is 27.0 Å². The molecule has 2 N–H and O–H groups in total. The first kappa shape index (κ1) is 26.1. The van der Waals surface area contributed by atoms with Crippen LogP contribution < -0.4 is 20.9 Å². The topological polar surface area (TPSA) is 140 Å². The van der Waals surface area contributed by atoms with Gasteiger partial charge in [-0.15, -0.1) is 12.4 Å². The third-order valence-corrected chi connectivity index (χ3v) is 4.44. The molecule has 0 bridgehead atoms. The molecule has 0 aliphatic heterocycles. The molecule has 0 fully saturated rings. The molecule has 0 aliphatic carbocycles. The number of hydrogen-bond acceptors (Lipinski definition) is 7. The predicted molar refractivity (Wildman–Crippen MR) is 114 cm³/mol. The highest BCUT2D eigenvalue weighted by Crippen LogP contribution is 2.24. The van der Waals surface area contributed by atoms with Crippen LogP contribution >= 0.6 is 12.4 Å². The van der Waals surface area contributed by atoms with Gasteiger partial charge < -0.3 is 15.8 Å². The van der Waals surface area contributed by atoms with E-state index in [9.17, 15) is 33.2 Å². The largest absolute Gasteiger partial charge is 0.618 e. The van der Waals surface area contributed by atoms with Crippen molar-refractivity contribution in [2.45, 2.75) is 19.0 Å². The quantitative estimate of drug-likeness (QED) is 0.354. The van der Waals surface area contributed by atoms with Crippen LogP contribution in [-0.2, 0) is 23.8 Å². The lowest BCUT2D eigenvalue weighted by atomic mass is 10.2. The molecular formula is C20H17ClF3N7O3. The van der Waals surface area contributed by atoms with Gasteiger partial charge in [0.2, 0.25) is 5.91 Å². The Kier molecular flexibility index (Phi) is 8.52. The molecule has 178 valence electrons. The number of hydrogen-bond donors (Lipinski definition) is 2. The van der Waals surface area contributed by atoms with Crippen LogP contribution in [0.4, 0.5) is 19.0 Å². The number of aromatic nitrogens is 4. The first-order chi connectivity index (χ1) is 15.7. The number of anilines is 1. The average molecular weight is 496 g/mol. The summed E-state index contributed by atoms with van der Waals surface area (Å²) in [6, 6.07) is 7.71. The van der Waals surface area contributed by atoms with Crippen LogP contribution in [0.3, 0.4) is 0 Å². The van der Waals surface area contributed by atoms with E-state index in [-0.39, 0.29) is 35.1 Å². The fourth-order valence-electron chi connectivity index (χ4n) is 2.78. The molecule has 3 aromatic heterocycles. The standard InChI is InChI=1S/C20H16F3N7O3.ClH/c21-14-4-3-6-25-15(14)10-26-17(31)11-29-13(8-24)9-27-18(19(29)32)28-12-20(22,23)16-5-1-2-7-30(16)33;/h1-7,9H,10-12H2,(H,26,31)(H,27,28);1H. The molecule has 0 unspecified atom stereocenters. The van der Waals surface area contributed by atoms with Crippen molar-refractivity contribution in [3.8, 4) is 6.07 Å². The molecule has 0 spiro atoms. The Hall–Kier alpha value is -4.18. The van der Waals surface area contributed by atoms with Crippen molar-refractivity contribution in [1.82, 2.24) is 19.9 Å². The van der Waals surface area contributed by atoms with Crippen molar-refractivity contribution in [3.05, 3.63) is 87.4 Å². The number of carbonyl (C=O) groups is 1. The van der Waals surface area contributed by atoms with E-state index in [1.807, 2.05) is 0 Å². The summed E-state index contributed by atoms with van der Waals surface area (Å²) >= 11 is 0. The Labute approximate surface area is 196 Å². The number of halogens is 4. The molecule has 3 heterocycles. The highest BCUT2D eigenvalue weighted by Gasteiger charge is 2.39. The van der Waals surface area contributed by atoms with E-state index in [0.717, 1.165) is 29.1 Å². The minimum atomic E-state index is -3.65. The number of alkyl halides is 2. The van der Waals surface area contributed by atoms with Gasteiger partial charge in [0.1, 0.15) is 24.1 Å². The van der Waals surface area contributed by atoms with Crippen molar-refractivity contribution in [3.63, 3.8) is 0 Å². The van der Waals surface area contributed by atoms with Crippen molar-refractivity contribution >= 4 is 24.1 Å². The zero-order valence-electron chi connectivity index (χ0n) is 17.2. The summed E-state index contributed by atoms with van der Waals surface area (Å²) in [6.07, 6.45) is 3.18. The summed E-state index contributed by atoms with van der Waals surface area (Å²) in [5.41, 5.74) is -2.17. The summed E-state index contributed by atoms with van der Waals surface area (Å²) in [5.74, 6) is -5.59. The van der Waals surface area contributed by atoms with Gasteiger partial charge in [-0.3, -0.25) is 19.1 Å². The normalized spacial score (nSPS) is 10.6. The summed E-state index contributed by atoms with van der Waals surface area (Å²) in [4.78, 5) is 32.3. The van der Waals surface area contributed by atoms with Gasteiger partial charge in [-0.05, 0) is 18.2 Å².